The molecule has 3 heterocycles. The quantitative estimate of drug-likeness (QED) is 0.833. The third-order valence-electron chi connectivity index (χ3n) is 4.21. The van der Waals surface area contributed by atoms with Crippen LogP contribution < -0.4 is 11.1 Å². The van der Waals surface area contributed by atoms with Gasteiger partial charge in [0.2, 0.25) is 11.8 Å². The van der Waals surface area contributed by atoms with Crippen molar-refractivity contribution in [2.24, 2.45) is 5.73 Å². The molecule has 0 radical (unpaired) electrons. The zero-order valence-electron chi connectivity index (χ0n) is 13.9. The van der Waals surface area contributed by atoms with Crippen LogP contribution in [0.15, 0.2) is 36.7 Å². The van der Waals surface area contributed by atoms with Crippen molar-refractivity contribution >= 4 is 17.5 Å². The minimum atomic E-state index is -0.509. The van der Waals surface area contributed by atoms with Crippen LogP contribution in [0.4, 0.5) is 5.69 Å². The predicted molar refractivity (Wildman–Crippen MR) is 94.9 cm³/mol. The average Bonchev–Trinajstić information content (AvgIpc) is 3.14. The Labute approximate surface area is 146 Å². The second-order valence-electron chi connectivity index (χ2n) is 6.07. The molecule has 1 fully saturated rings. The molecule has 2 aromatic rings. The SMILES string of the molecule is NC(=O)c1ccnc(-c2ccc(NC(=O)CCN3CCCC3)cn2)c1. The van der Waals surface area contributed by atoms with Crippen LogP contribution in [-0.4, -0.2) is 46.3 Å². The molecule has 0 aliphatic carbocycles. The first-order valence-electron chi connectivity index (χ1n) is 8.36. The molecular formula is C18H21N5O2. The summed E-state index contributed by atoms with van der Waals surface area (Å²) in [6.07, 6.45) is 6.02. The van der Waals surface area contributed by atoms with Gasteiger partial charge in [-0.25, -0.2) is 0 Å². The minimum Gasteiger partial charge on any atom is -0.366 e. The summed E-state index contributed by atoms with van der Waals surface area (Å²) in [6.45, 7) is 2.96. The third-order valence-corrected chi connectivity index (χ3v) is 4.21. The van der Waals surface area contributed by atoms with Crippen LogP contribution in [0.25, 0.3) is 11.4 Å². The van der Waals surface area contributed by atoms with E-state index in [1.165, 1.54) is 19.0 Å². The van der Waals surface area contributed by atoms with Crippen LogP contribution in [-0.2, 0) is 4.79 Å². The van der Waals surface area contributed by atoms with Crippen LogP contribution >= 0.6 is 0 Å². The summed E-state index contributed by atoms with van der Waals surface area (Å²) in [5.74, 6) is -0.527. The lowest BCUT2D eigenvalue weighted by Gasteiger charge is -2.13. The van der Waals surface area contributed by atoms with Gasteiger partial charge in [0, 0.05) is 24.7 Å². The van der Waals surface area contributed by atoms with E-state index in [2.05, 4.69) is 20.2 Å². The molecule has 0 spiro atoms. The summed E-state index contributed by atoms with van der Waals surface area (Å²) in [5, 5.41) is 2.85. The lowest BCUT2D eigenvalue weighted by atomic mass is 10.1. The number of nitrogens with one attached hydrogen (secondary N) is 1. The van der Waals surface area contributed by atoms with Gasteiger partial charge in [0.25, 0.3) is 0 Å². The second-order valence-corrected chi connectivity index (χ2v) is 6.07. The fourth-order valence-electron chi connectivity index (χ4n) is 2.83. The molecule has 2 amide bonds. The Morgan fingerprint density at radius 3 is 2.60 bits per heavy atom. The number of anilines is 1. The molecule has 0 aromatic carbocycles. The van der Waals surface area contributed by atoms with Crippen LogP contribution in [0.3, 0.4) is 0 Å². The number of aromatic nitrogens is 2. The fourth-order valence-corrected chi connectivity index (χ4v) is 2.83. The van der Waals surface area contributed by atoms with Gasteiger partial charge in [-0.3, -0.25) is 19.6 Å². The number of nitrogens with zero attached hydrogens (tertiary/aromatic N) is 3. The molecule has 130 valence electrons. The van der Waals surface area contributed by atoms with Gasteiger partial charge in [0.05, 0.1) is 23.3 Å². The second kappa shape index (κ2) is 7.85. The Bertz CT molecular complexity index is 754. The number of pyridine rings is 2. The molecule has 7 heteroatoms. The van der Waals surface area contributed by atoms with Crippen molar-refractivity contribution in [2.75, 3.05) is 25.0 Å². The maximum Gasteiger partial charge on any atom is 0.248 e. The molecule has 0 bridgehead atoms. The summed E-state index contributed by atoms with van der Waals surface area (Å²) in [5.41, 5.74) is 7.46. The number of likely N-dealkylation sites (tertiary alicyclic amines) is 1. The van der Waals surface area contributed by atoms with E-state index in [-0.39, 0.29) is 5.91 Å². The summed E-state index contributed by atoms with van der Waals surface area (Å²) in [6, 6.07) is 6.68. The van der Waals surface area contributed by atoms with E-state index in [0.717, 1.165) is 19.6 Å². The smallest absolute Gasteiger partial charge is 0.248 e. The number of nitrogens with two attached hydrogens (primary N) is 1. The molecule has 0 saturated carbocycles. The Kier molecular flexibility index (Phi) is 5.35. The van der Waals surface area contributed by atoms with Gasteiger partial charge in [0.15, 0.2) is 0 Å². The Hall–Kier alpha value is -2.80. The highest BCUT2D eigenvalue weighted by molar-refractivity contribution is 5.93. The van der Waals surface area contributed by atoms with E-state index >= 15 is 0 Å². The molecular weight excluding hydrogens is 318 g/mol. The first-order valence-corrected chi connectivity index (χ1v) is 8.36. The minimum absolute atomic E-state index is 0.0182. The average molecular weight is 339 g/mol. The molecule has 25 heavy (non-hydrogen) atoms. The van der Waals surface area contributed by atoms with Crippen molar-refractivity contribution in [3.63, 3.8) is 0 Å². The summed E-state index contributed by atoms with van der Waals surface area (Å²) in [7, 11) is 0. The maximum absolute atomic E-state index is 12.0. The van der Waals surface area contributed by atoms with E-state index in [1.54, 1.807) is 30.5 Å². The van der Waals surface area contributed by atoms with E-state index in [4.69, 9.17) is 5.73 Å². The largest absolute Gasteiger partial charge is 0.366 e. The zero-order valence-corrected chi connectivity index (χ0v) is 13.9. The molecule has 1 aliphatic heterocycles. The van der Waals surface area contributed by atoms with Gasteiger partial charge in [-0.15, -0.1) is 0 Å². The van der Waals surface area contributed by atoms with E-state index < -0.39 is 5.91 Å². The number of carbonyl (C=O) groups is 2. The van der Waals surface area contributed by atoms with Crippen molar-refractivity contribution < 1.29 is 9.59 Å². The number of amides is 2. The number of hydrogen-bond donors (Lipinski definition) is 2. The van der Waals surface area contributed by atoms with E-state index in [0.29, 0.717) is 29.1 Å². The third kappa shape index (κ3) is 4.60. The Morgan fingerprint density at radius 2 is 1.92 bits per heavy atom. The zero-order chi connectivity index (χ0) is 17.6. The highest BCUT2D eigenvalue weighted by Gasteiger charge is 2.13. The highest BCUT2D eigenvalue weighted by Crippen LogP contribution is 2.17. The number of hydrogen-bond acceptors (Lipinski definition) is 5. The number of primary amides is 1. The van der Waals surface area contributed by atoms with Gasteiger partial charge in [-0.2, -0.15) is 0 Å². The molecule has 0 atom stereocenters. The number of carbonyl (C=O) groups excluding carboxylic acids is 2. The molecule has 7 nitrogen and oxygen atoms in total. The molecule has 1 aliphatic rings. The van der Waals surface area contributed by atoms with Crippen LogP contribution in [0.5, 0.6) is 0 Å². The normalized spacial score (nSPS) is 14.4. The Morgan fingerprint density at radius 1 is 1.12 bits per heavy atom. The van der Waals surface area contributed by atoms with Crippen molar-refractivity contribution in [1.29, 1.82) is 0 Å². The van der Waals surface area contributed by atoms with Crippen LogP contribution in [0.2, 0.25) is 0 Å². The number of rotatable bonds is 6. The molecule has 1 saturated heterocycles. The molecule has 3 N–H and O–H groups in total. The van der Waals surface area contributed by atoms with Crippen LogP contribution in [0, 0.1) is 0 Å². The summed E-state index contributed by atoms with van der Waals surface area (Å²) >= 11 is 0. The van der Waals surface area contributed by atoms with Gasteiger partial charge < -0.3 is 16.0 Å². The lowest BCUT2D eigenvalue weighted by Crippen LogP contribution is -2.25. The van der Waals surface area contributed by atoms with Gasteiger partial charge in [0.1, 0.15) is 0 Å². The predicted octanol–water partition coefficient (Wildman–Crippen LogP) is 1.67. The molecule has 2 aromatic heterocycles. The van der Waals surface area contributed by atoms with Crippen molar-refractivity contribution in [2.45, 2.75) is 19.3 Å². The standard InChI is InChI=1S/C18H21N5O2/c19-18(25)13-5-7-20-16(11-13)15-4-3-14(12-21-15)22-17(24)6-10-23-8-1-2-9-23/h3-5,7,11-12H,1-2,6,8-10H2,(H2,19,25)(H,22,24). The van der Waals surface area contributed by atoms with Gasteiger partial charge in [-0.05, 0) is 50.2 Å². The molecule has 3 rings (SSSR count). The lowest BCUT2D eigenvalue weighted by molar-refractivity contribution is -0.116. The van der Waals surface area contributed by atoms with E-state index in [9.17, 15) is 9.59 Å². The topological polar surface area (TPSA) is 101 Å². The van der Waals surface area contributed by atoms with Crippen molar-refractivity contribution in [1.82, 2.24) is 14.9 Å². The maximum atomic E-state index is 12.0. The van der Waals surface area contributed by atoms with Crippen molar-refractivity contribution in [3.8, 4) is 11.4 Å². The molecule has 0 unspecified atom stereocenters. The fraction of sp³-hybridized carbons (Fsp3) is 0.333. The van der Waals surface area contributed by atoms with Crippen molar-refractivity contribution in [3.05, 3.63) is 42.2 Å². The summed E-state index contributed by atoms with van der Waals surface area (Å²) in [4.78, 5) is 34.1. The summed E-state index contributed by atoms with van der Waals surface area (Å²) < 4.78 is 0. The first-order chi connectivity index (χ1) is 12.1. The monoisotopic (exact) mass is 339 g/mol. The van der Waals surface area contributed by atoms with Crippen LogP contribution in [0.1, 0.15) is 29.6 Å². The first kappa shape index (κ1) is 17.0. The highest BCUT2D eigenvalue weighted by atomic mass is 16.2. The van der Waals surface area contributed by atoms with Gasteiger partial charge in [-0.1, -0.05) is 0 Å². The Balaban J connectivity index is 1.59. The van der Waals surface area contributed by atoms with Gasteiger partial charge >= 0.3 is 0 Å². The van der Waals surface area contributed by atoms with E-state index in [1.807, 2.05) is 0 Å².